The Labute approximate surface area is 284 Å². The molecule has 3 atom stereocenters. The predicted molar refractivity (Wildman–Crippen MR) is 188 cm³/mol. The average Bonchev–Trinajstić information content (AvgIpc) is 3.60. The molecule has 1 aromatic carbocycles. The van der Waals surface area contributed by atoms with Gasteiger partial charge in [-0.15, -0.1) is 0 Å². The lowest BCUT2D eigenvalue weighted by molar-refractivity contribution is -0.139. The van der Waals surface area contributed by atoms with Crippen LogP contribution in [-0.2, 0) is 22.4 Å². The maximum absolute atomic E-state index is 13.2. The Balaban J connectivity index is 1.59. The number of carbonyl (C=O) groups excluding carboxylic acids is 2. The van der Waals surface area contributed by atoms with Gasteiger partial charge in [0.1, 0.15) is 5.82 Å². The van der Waals surface area contributed by atoms with E-state index in [1.165, 1.54) is 7.11 Å². The van der Waals surface area contributed by atoms with E-state index in [-0.39, 0.29) is 43.3 Å². The molecule has 5 N–H and O–H groups in total. The van der Waals surface area contributed by atoms with Crippen LogP contribution < -0.4 is 15.5 Å². The molecule has 2 heterocycles. The highest BCUT2D eigenvalue weighted by Gasteiger charge is 2.43. The number of phenolic OH excluding ortho intramolecular Hbond substituents is 1. The second-order valence-electron chi connectivity index (χ2n) is 13.3. The molecule has 0 saturated carbocycles. The number of aromatic hydroxyl groups is 1. The Hall–Kier alpha value is -3.95. The minimum absolute atomic E-state index is 0.0583. The first-order chi connectivity index (χ1) is 23.2. The number of nitrogens with zero attached hydrogens (tertiary/aromatic N) is 2. The van der Waals surface area contributed by atoms with E-state index in [9.17, 15) is 24.9 Å². The largest absolute Gasteiger partial charge is 0.668 e. The van der Waals surface area contributed by atoms with Crippen LogP contribution in [0.1, 0.15) is 112 Å². The molecule has 0 radical (unpaired) electrons. The molecule has 2 aromatic heterocycles. The zero-order chi connectivity index (χ0) is 34.7. The van der Waals surface area contributed by atoms with Gasteiger partial charge in [0.2, 0.25) is 0 Å². The number of ketones is 2. The quantitative estimate of drug-likeness (QED) is 0.0806. The van der Waals surface area contributed by atoms with E-state index in [0.29, 0.717) is 28.9 Å². The number of rotatable bonds is 20. The minimum Gasteiger partial charge on any atom is -0.668 e. The summed E-state index contributed by atoms with van der Waals surface area (Å²) in [7, 11) is 1.46. The predicted octanol–water partition coefficient (Wildman–Crippen LogP) is 6.31. The molecule has 3 aromatic rings. The van der Waals surface area contributed by atoms with Crippen LogP contribution in [0.5, 0.6) is 11.5 Å². The van der Waals surface area contributed by atoms with Gasteiger partial charge in [0.05, 0.1) is 13.7 Å². The van der Waals surface area contributed by atoms with Crippen LogP contribution in [0.3, 0.4) is 0 Å². The van der Waals surface area contributed by atoms with E-state index in [4.69, 9.17) is 10.5 Å². The van der Waals surface area contributed by atoms with Crippen molar-refractivity contribution in [2.75, 3.05) is 19.5 Å². The first kappa shape index (κ1) is 36.9. The fourth-order valence-electron chi connectivity index (χ4n) is 7.11. The molecule has 9 nitrogen and oxygen atoms in total. The van der Waals surface area contributed by atoms with Gasteiger partial charge in [-0.1, -0.05) is 95.6 Å². The molecule has 260 valence electrons. The Morgan fingerprint density at radius 1 is 1.06 bits per heavy atom. The normalized spacial score (nSPS) is 17.8. The summed E-state index contributed by atoms with van der Waals surface area (Å²) in [5.41, 5.74) is 8.83. The van der Waals surface area contributed by atoms with Crippen molar-refractivity contribution in [2.45, 2.75) is 103 Å². The number of aliphatic hydroxyl groups excluding tert-OH is 2. The molecule has 1 aliphatic rings. The first-order valence-corrected chi connectivity index (χ1v) is 17.4. The number of aromatic nitrogens is 2. The zero-order valence-electron chi connectivity index (χ0n) is 28.7. The van der Waals surface area contributed by atoms with Crippen LogP contribution in [0.15, 0.2) is 48.8 Å². The number of anilines is 1. The summed E-state index contributed by atoms with van der Waals surface area (Å²) in [6, 6.07) is 9.05. The number of nitrogens with two attached hydrogens (primary N) is 1. The van der Waals surface area contributed by atoms with Crippen molar-refractivity contribution in [3.63, 3.8) is 0 Å². The summed E-state index contributed by atoms with van der Waals surface area (Å²) in [5, 5.41) is 33.3. The molecule has 48 heavy (non-hydrogen) atoms. The van der Waals surface area contributed by atoms with Crippen LogP contribution in [0.25, 0.3) is 6.08 Å². The number of hydrogen-bond acceptors (Lipinski definition) is 8. The lowest BCUT2D eigenvalue weighted by Gasteiger charge is -2.42. The van der Waals surface area contributed by atoms with Crippen molar-refractivity contribution in [1.82, 2.24) is 9.97 Å². The number of aliphatic hydroxyl groups is 2. The van der Waals surface area contributed by atoms with Gasteiger partial charge in [0, 0.05) is 41.5 Å². The van der Waals surface area contributed by atoms with Gasteiger partial charge >= 0.3 is 0 Å². The molecule has 0 aliphatic heterocycles. The SMILES string of the molecule is CCCCCC(CCCCC)CC(=O)C(O)C(=O)CCc1cc(OC)c(O)c(C2c3ccnc(N)c3C=CC2(CO)Cc2ccc[n-]2)c1. The number of fused-ring (bicyclic) bond motifs is 1. The highest BCUT2D eigenvalue weighted by molar-refractivity contribution is 6.05. The Morgan fingerprint density at radius 3 is 2.42 bits per heavy atom. The molecule has 3 unspecified atom stereocenters. The summed E-state index contributed by atoms with van der Waals surface area (Å²) >= 11 is 0. The lowest BCUT2D eigenvalue weighted by Crippen LogP contribution is -2.37. The number of benzene rings is 1. The van der Waals surface area contributed by atoms with Gasteiger partial charge in [-0.3, -0.25) is 9.59 Å². The van der Waals surface area contributed by atoms with E-state index in [0.717, 1.165) is 62.6 Å². The van der Waals surface area contributed by atoms with Crippen molar-refractivity contribution < 1.29 is 29.6 Å². The number of Topliss-reactive ketones (excluding diaryl/α,β-unsaturated/α-hetero) is 2. The Morgan fingerprint density at radius 2 is 1.79 bits per heavy atom. The molecule has 9 heteroatoms. The number of carbonyl (C=O) groups is 2. The van der Waals surface area contributed by atoms with Crippen LogP contribution in [0.4, 0.5) is 5.82 Å². The molecule has 4 rings (SSSR count). The summed E-state index contributed by atoms with van der Waals surface area (Å²) in [5.74, 6) is -0.872. The van der Waals surface area contributed by atoms with Gasteiger partial charge in [-0.05, 0) is 42.0 Å². The van der Waals surface area contributed by atoms with Crippen LogP contribution in [0, 0.1) is 11.3 Å². The summed E-state index contributed by atoms with van der Waals surface area (Å²) in [6.07, 6.45) is 14.5. The number of unbranched alkanes of at least 4 members (excludes halogenated alkanes) is 4. The third-order valence-corrected chi connectivity index (χ3v) is 9.83. The highest BCUT2D eigenvalue weighted by Crippen LogP contribution is 2.53. The molecule has 0 spiro atoms. The summed E-state index contributed by atoms with van der Waals surface area (Å²) in [4.78, 5) is 35.0. The fraction of sp³-hybridized carbons (Fsp3) is 0.513. The third-order valence-electron chi connectivity index (χ3n) is 9.83. The van der Waals surface area contributed by atoms with Gasteiger partial charge in [-0.25, -0.2) is 4.98 Å². The monoisotopic (exact) mass is 658 g/mol. The number of ether oxygens (including phenoxy) is 1. The second-order valence-corrected chi connectivity index (χ2v) is 13.3. The molecular formula is C39H52N3O6-. The van der Waals surface area contributed by atoms with Crippen LogP contribution >= 0.6 is 0 Å². The van der Waals surface area contributed by atoms with E-state index < -0.39 is 29.0 Å². The van der Waals surface area contributed by atoms with Crippen molar-refractivity contribution in [3.8, 4) is 11.5 Å². The highest BCUT2D eigenvalue weighted by atomic mass is 16.5. The fourth-order valence-corrected chi connectivity index (χ4v) is 7.11. The molecule has 0 saturated heterocycles. The Kier molecular flexibility index (Phi) is 13.4. The second kappa shape index (κ2) is 17.4. The van der Waals surface area contributed by atoms with Gasteiger partial charge in [0.15, 0.2) is 29.2 Å². The maximum Gasteiger partial charge on any atom is 0.170 e. The molecule has 0 bridgehead atoms. The van der Waals surface area contributed by atoms with Gasteiger partial charge in [-0.2, -0.15) is 11.9 Å². The van der Waals surface area contributed by atoms with Gasteiger partial charge < -0.3 is 30.8 Å². The first-order valence-electron chi connectivity index (χ1n) is 17.4. The number of aryl methyl sites for hydroxylation is 1. The van der Waals surface area contributed by atoms with Crippen molar-refractivity contribution in [2.24, 2.45) is 11.3 Å². The molecular weight excluding hydrogens is 606 g/mol. The van der Waals surface area contributed by atoms with E-state index in [1.807, 2.05) is 36.4 Å². The summed E-state index contributed by atoms with van der Waals surface area (Å²) < 4.78 is 5.58. The number of nitrogen functional groups attached to an aromatic ring is 1. The lowest BCUT2D eigenvalue weighted by atomic mass is 9.63. The topological polar surface area (TPSA) is 157 Å². The van der Waals surface area contributed by atoms with Crippen molar-refractivity contribution >= 4 is 23.5 Å². The van der Waals surface area contributed by atoms with E-state index >= 15 is 0 Å². The van der Waals surface area contributed by atoms with Crippen LogP contribution in [-0.4, -0.2) is 51.7 Å². The molecule has 0 amide bonds. The number of methoxy groups -OCH3 is 1. The van der Waals surface area contributed by atoms with E-state index in [2.05, 4.69) is 23.8 Å². The average molecular weight is 659 g/mol. The van der Waals surface area contributed by atoms with Gasteiger partial charge in [0.25, 0.3) is 0 Å². The zero-order valence-corrected chi connectivity index (χ0v) is 28.7. The standard InChI is InChI=1S/C39H52N3O6/c1-4-6-8-11-26(12-9-7-5-2)22-33(45)37(47)32(44)15-14-27-21-31(36(46)34(23-27)48-3)35-29-17-20-42-38(40)30(29)16-18-39(35,25-43)24-28-13-10-19-41-28/h10,13,16-21,23,26,35,37,43,46-47H,4-9,11-12,14-15,22,24-25H2,1-3H3,(H2,40,42)/q-1. The smallest absolute Gasteiger partial charge is 0.170 e. The van der Waals surface area contributed by atoms with E-state index in [1.54, 1.807) is 18.5 Å². The number of hydrogen-bond donors (Lipinski definition) is 4. The number of pyridine rings is 1. The van der Waals surface area contributed by atoms with Crippen molar-refractivity contribution in [1.29, 1.82) is 0 Å². The summed E-state index contributed by atoms with van der Waals surface area (Å²) in [6.45, 7) is 4.05. The maximum atomic E-state index is 13.2. The minimum atomic E-state index is -1.66. The number of phenols is 1. The van der Waals surface area contributed by atoms with Crippen molar-refractivity contribution in [3.05, 3.63) is 76.7 Å². The molecule has 1 aliphatic carbocycles. The third kappa shape index (κ3) is 8.74. The van der Waals surface area contributed by atoms with Crippen LogP contribution in [0.2, 0.25) is 0 Å². The molecule has 0 fully saturated rings. The Bertz CT molecular complexity index is 1520.